The molecule has 1 fully saturated rings. The zero-order chi connectivity index (χ0) is 26.5. The minimum absolute atomic E-state index is 0.100. The molecule has 37 heavy (non-hydrogen) atoms. The van der Waals surface area contributed by atoms with Crippen molar-refractivity contribution in [1.82, 2.24) is 9.88 Å². The van der Waals surface area contributed by atoms with E-state index in [0.717, 1.165) is 29.9 Å². The molecular weight excluding hydrogens is 500 g/mol. The Bertz CT molecular complexity index is 1290. The monoisotopic (exact) mass is 530 g/mol. The van der Waals surface area contributed by atoms with Crippen LogP contribution in [0.25, 0.3) is 10.2 Å². The van der Waals surface area contributed by atoms with Crippen LogP contribution < -0.4 is 19.1 Å². The molecule has 1 aromatic heterocycles. The molecule has 2 aromatic carbocycles. The second-order valence-electron chi connectivity index (χ2n) is 8.50. The molecule has 0 radical (unpaired) electrons. The highest BCUT2D eigenvalue weighted by Gasteiger charge is 2.30. The van der Waals surface area contributed by atoms with E-state index in [1.165, 1.54) is 42.6 Å². The number of methoxy groups -OCH3 is 3. The van der Waals surface area contributed by atoms with Crippen LogP contribution in [-0.2, 0) is 4.74 Å². The number of fused-ring (bicyclic) bond motifs is 1. The fraction of sp³-hybridized carbons (Fsp3) is 0.440. The first-order valence-corrected chi connectivity index (χ1v) is 12.7. The number of thiazole rings is 1. The topological polar surface area (TPSA) is 117 Å². The van der Waals surface area contributed by atoms with Gasteiger partial charge in [0.2, 0.25) is 0 Å². The minimum Gasteiger partial charge on any atom is -0.494 e. The summed E-state index contributed by atoms with van der Waals surface area (Å²) in [7, 11) is 4.37. The molecular formula is C25H30N4O7S. The quantitative estimate of drug-likeness (QED) is 0.284. The number of aromatic nitrogens is 1. The van der Waals surface area contributed by atoms with Crippen LogP contribution in [0.2, 0.25) is 0 Å². The zero-order valence-electron chi connectivity index (χ0n) is 21.3. The number of morpholine rings is 1. The number of ether oxygens (including phenoxy) is 4. The fourth-order valence-corrected chi connectivity index (χ4v) is 5.35. The molecule has 0 N–H and O–H groups in total. The smallest absolute Gasteiger partial charge is 0.286 e. The molecule has 4 rings (SSSR count). The standard InChI is InChI=1S/C25H30N4O7S/c1-16-6-7-19(33-2)22-23(16)37-25(26-22)28(9-5-8-27-10-12-36-13-11-27)24(30)17-14-20(34-3)21(35-4)15-18(17)29(31)32/h6-7,14-15H,5,8-13H2,1-4H3. The molecule has 2 heterocycles. The molecule has 0 unspecified atom stereocenters. The van der Waals surface area contributed by atoms with Crippen molar-refractivity contribution in [3.8, 4) is 17.2 Å². The van der Waals surface area contributed by atoms with Crippen molar-refractivity contribution in [2.45, 2.75) is 13.3 Å². The molecule has 1 saturated heterocycles. The first kappa shape index (κ1) is 26.6. The Morgan fingerprint density at radius 2 is 1.81 bits per heavy atom. The average molecular weight is 531 g/mol. The SMILES string of the molecule is COc1cc(C(=O)N(CCCN2CCOCC2)c2nc3c(OC)ccc(C)c3s2)c([N+](=O)[O-])cc1OC. The summed E-state index contributed by atoms with van der Waals surface area (Å²) in [6.45, 7) is 6.05. The number of hydrogen-bond acceptors (Lipinski definition) is 10. The Morgan fingerprint density at radius 1 is 1.14 bits per heavy atom. The third kappa shape index (κ3) is 5.60. The highest BCUT2D eigenvalue weighted by molar-refractivity contribution is 7.22. The third-order valence-corrected chi connectivity index (χ3v) is 7.49. The number of carbonyl (C=O) groups is 1. The Balaban J connectivity index is 1.75. The van der Waals surface area contributed by atoms with Crippen LogP contribution in [0.15, 0.2) is 24.3 Å². The van der Waals surface area contributed by atoms with Crippen LogP contribution in [0.3, 0.4) is 0 Å². The molecule has 1 amide bonds. The summed E-state index contributed by atoms with van der Waals surface area (Å²) in [6, 6.07) is 6.34. The van der Waals surface area contributed by atoms with Gasteiger partial charge < -0.3 is 18.9 Å². The number of hydrogen-bond donors (Lipinski definition) is 0. The molecule has 0 atom stereocenters. The van der Waals surface area contributed by atoms with Crippen LogP contribution in [0.1, 0.15) is 22.3 Å². The normalized spacial score (nSPS) is 13.9. The number of nitrogens with zero attached hydrogens (tertiary/aromatic N) is 4. The Kier molecular flexibility index (Phi) is 8.41. The summed E-state index contributed by atoms with van der Waals surface area (Å²) in [6.07, 6.45) is 0.652. The number of rotatable bonds is 10. The average Bonchev–Trinajstić information content (AvgIpc) is 3.36. The van der Waals surface area contributed by atoms with Crippen molar-refractivity contribution < 1.29 is 28.7 Å². The van der Waals surface area contributed by atoms with Gasteiger partial charge in [-0.2, -0.15) is 0 Å². The van der Waals surface area contributed by atoms with Gasteiger partial charge in [-0.25, -0.2) is 4.98 Å². The summed E-state index contributed by atoms with van der Waals surface area (Å²) in [5.41, 5.74) is 1.18. The van der Waals surface area contributed by atoms with Gasteiger partial charge in [0.25, 0.3) is 11.6 Å². The molecule has 198 valence electrons. The summed E-state index contributed by atoms with van der Waals surface area (Å²) in [5.74, 6) is 0.461. The van der Waals surface area contributed by atoms with Crippen molar-refractivity contribution in [3.05, 3.63) is 45.5 Å². The van der Waals surface area contributed by atoms with E-state index in [1.54, 1.807) is 7.11 Å². The van der Waals surface area contributed by atoms with Crippen LogP contribution in [0.4, 0.5) is 10.8 Å². The lowest BCUT2D eigenvalue weighted by Gasteiger charge is -2.27. The van der Waals surface area contributed by atoms with Crippen LogP contribution in [0.5, 0.6) is 17.2 Å². The van der Waals surface area contributed by atoms with Gasteiger partial charge in [0.15, 0.2) is 16.6 Å². The van der Waals surface area contributed by atoms with E-state index < -0.39 is 10.8 Å². The maximum atomic E-state index is 14.0. The minimum atomic E-state index is -0.591. The van der Waals surface area contributed by atoms with Crippen molar-refractivity contribution in [1.29, 1.82) is 0 Å². The second kappa shape index (κ2) is 11.7. The van der Waals surface area contributed by atoms with Gasteiger partial charge in [0.1, 0.15) is 16.8 Å². The van der Waals surface area contributed by atoms with E-state index in [-0.39, 0.29) is 22.7 Å². The molecule has 3 aromatic rings. The third-order valence-electron chi connectivity index (χ3n) is 6.28. The van der Waals surface area contributed by atoms with E-state index in [1.807, 2.05) is 19.1 Å². The fourth-order valence-electron chi connectivity index (χ4n) is 4.28. The van der Waals surface area contributed by atoms with Gasteiger partial charge in [-0.1, -0.05) is 17.4 Å². The van der Waals surface area contributed by atoms with Gasteiger partial charge in [-0.3, -0.25) is 24.7 Å². The van der Waals surface area contributed by atoms with E-state index in [0.29, 0.717) is 42.6 Å². The highest BCUT2D eigenvalue weighted by Crippen LogP contribution is 2.39. The van der Waals surface area contributed by atoms with E-state index >= 15 is 0 Å². The Morgan fingerprint density at radius 3 is 2.46 bits per heavy atom. The molecule has 0 aliphatic carbocycles. The van der Waals surface area contributed by atoms with E-state index in [4.69, 9.17) is 23.9 Å². The van der Waals surface area contributed by atoms with Gasteiger partial charge in [0.05, 0.1) is 50.2 Å². The molecule has 1 aliphatic rings. The maximum absolute atomic E-state index is 14.0. The second-order valence-corrected chi connectivity index (χ2v) is 9.48. The summed E-state index contributed by atoms with van der Waals surface area (Å²) in [5, 5.41) is 12.4. The van der Waals surface area contributed by atoms with Gasteiger partial charge in [0, 0.05) is 32.2 Å². The number of amides is 1. The number of aryl methyl sites for hydroxylation is 1. The number of benzene rings is 2. The maximum Gasteiger partial charge on any atom is 0.286 e. The molecule has 1 aliphatic heterocycles. The van der Waals surface area contributed by atoms with Crippen LogP contribution in [0, 0.1) is 17.0 Å². The molecule has 12 heteroatoms. The first-order valence-electron chi connectivity index (χ1n) is 11.8. The van der Waals surface area contributed by atoms with Crippen molar-refractivity contribution >= 4 is 38.3 Å². The predicted octanol–water partition coefficient (Wildman–Crippen LogP) is 3.91. The van der Waals surface area contributed by atoms with Gasteiger partial charge in [-0.05, 0) is 25.0 Å². The van der Waals surface area contributed by atoms with Gasteiger partial charge >= 0.3 is 0 Å². The Hall–Kier alpha value is -3.48. The molecule has 0 saturated carbocycles. The lowest BCUT2D eigenvalue weighted by atomic mass is 10.1. The number of anilines is 1. The van der Waals surface area contributed by atoms with Crippen molar-refractivity contribution in [3.63, 3.8) is 0 Å². The lowest BCUT2D eigenvalue weighted by molar-refractivity contribution is -0.385. The lowest BCUT2D eigenvalue weighted by Crippen LogP contribution is -2.39. The zero-order valence-corrected chi connectivity index (χ0v) is 22.1. The van der Waals surface area contributed by atoms with Crippen LogP contribution >= 0.6 is 11.3 Å². The largest absolute Gasteiger partial charge is 0.494 e. The summed E-state index contributed by atoms with van der Waals surface area (Å²) >= 11 is 1.36. The molecule has 0 bridgehead atoms. The molecule has 0 spiro atoms. The number of carbonyl (C=O) groups excluding carboxylic acids is 1. The number of nitro groups is 1. The molecule has 11 nitrogen and oxygen atoms in total. The highest BCUT2D eigenvalue weighted by atomic mass is 32.1. The van der Waals surface area contributed by atoms with Crippen molar-refractivity contribution in [2.24, 2.45) is 0 Å². The summed E-state index contributed by atoms with van der Waals surface area (Å²) in [4.78, 5) is 33.8. The van der Waals surface area contributed by atoms with Crippen LogP contribution in [-0.4, -0.2) is 81.4 Å². The summed E-state index contributed by atoms with van der Waals surface area (Å²) < 4.78 is 22.4. The van der Waals surface area contributed by atoms with Crippen molar-refractivity contribution in [2.75, 3.05) is 65.6 Å². The van der Waals surface area contributed by atoms with E-state index in [9.17, 15) is 14.9 Å². The number of nitro benzene ring substituents is 1. The first-order chi connectivity index (χ1) is 17.9. The van der Waals surface area contributed by atoms with E-state index in [2.05, 4.69) is 4.90 Å². The Labute approximate surface area is 218 Å². The predicted molar refractivity (Wildman–Crippen MR) is 141 cm³/mol. The van der Waals surface area contributed by atoms with Gasteiger partial charge in [-0.15, -0.1) is 0 Å².